The SMILES string of the molecule is Cc1nc(CC(=O)NNC(=S)N[C@H]2C[C@@H]3CC[C@@H]2C3)cs1. The minimum absolute atomic E-state index is 0.127. The lowest BCUT2D eigenvalue weighted by Crippen LogP contribution is -2.51. The number of aromatic nitrogens is 1. The Kier molecular flexibility index (Phi) is 4.40. The van der Waals surface area contributed by atoms with Crippen molar-refractivity contribution in [3.05, 3.63) is 16.1 Å². The Bertz CT molecular complexity index is 545. The number of hydrogen-bond donors (Lipinski definition) is 3. The van der Waals surface area contributed by atoms with E-state index < -0.39 is 0 Å². The normalized spacial score (nSPS) is 26.6. The fourth-order valence-electron chi connectivity index (χ4n) is 3.45. The zero-order valence-corrected chi connectivity index (χ0v) is 13.6. The van der Waals surface area contributed by atoms with Crippen LogP contribution in [0.15, 0.2) is 5.38 Å². The minimum Gasteiger partial charge on any atom is -0.358 e. The van der Waals surface area contributed by atoms with Gasteiger partial charge in [-0.1, -0.05) is 6.42 Å². The third kappa shape index (κ3) is 3.71. The van der Waals surface area contributed by atoms with Crippen LogP contribution < -0.4 is 16.2 Å². The van der Waals surface area contributed by atoms with Crippen molar-refractivity contribution >= 4 is 34.6 Å². The zero-order chi connectivity index (χ0) is 14.8. The van der Waals surface area contributed by atoms with Crippen molar-refractivity contribution in [3.8, 4) is 0 Å². The molecule has 0 aromatic carbocycles. The van der Waals surface area contributed by atoms with E-state index in [9.17, 15) is 4.79 Å². The van der Waals surface area contributed by atoms with Gasteiger partial charge in [-0.2, -0.15) is 0 Å². The molecular formula is C14H20N4OS2. The molecule has 0 aliphatic heterocycles. The first kappa shape index (κ1) is 14.7. The molecule has 0 spiro atoms. The third-order valence-electron chi connectivity index (χ3n) is 4.38. The smallest absolute Gasteiger partial charge is 0.244 e. The summed E-state index contributed by atoms with van der Waals surface area (Å²) in [6.07, 6.45) is 5.48. The Morgan fingerprint density at radius 2 is 2.29 bits per heavy atom. The predicted molar refractivity (Wildman–Crippen MR) is 86.8 cm³/mol. The highest BCUT2D eigenvalue weighted by atomic mass is 32.1. The summed E-state index contributed by atoms with van der Waals surface area (Å²) in [6.45, 7) is 1.93. The molecule has 114 valence electrons. The van der Waals surface area contributed by atoms with Crippen LogP contribution in [0.1, 0.15) is 36.4 Å². The van der Waals surface area contributed by atoms with Crippen LogP contribution in [-0.2, 0) is 11.2 Å². The Morgan fingerprint density at radius 1 is 1.43 bits per heavy atom. The summed E-state index contributed by atoms with van der Waals surface area (Å²) in [7, 11) is 0. The number of aryl methyl sites for hydroxylation is 1. The molecule has 21 heavy (non-hydrogen) atoms. The van der Waals surface area contributed by atoms with Gasteiger partial charge in [-0.3, -0.25) is 15.6 Å². The molecule has 5 nitrogen and oxygen atoms in total. The van der Waals surface area contributed by atoms with Gasteiger partial charge in [-0.25, -0.2) is 4.98 Å². The summed E-state index contributed by atoms with van der Waals surface area (Å²) in [5, 5.41) is 6.71. The van der Waals surface area contributed by atoms with Crippen LogP contribution in [0.4, 0.5) is 0 Å². The first-order chi connectivity index (χ1) is 10.1. The minimum atomic E-state index is -0.127. The standard InChI is InChI=1S/C14H20N4OS2/c1-8-15-11(7-21-8)6-13(19)17-18-14(20)16-12-5-9-2-3-10(12)4-9/h7,9-10,12H,2-6H2,1H3,(H,17,19)(H2,16,18,20)/t9-,10-,12+/m1/s1. The number of hydrazine groups is 1. The lowest BCUT2D eigenvalue weighted by Gasteiger charge is -2.24. The first-order valence-corrected chi connectivity index (χ1v) is 8.65. The summed E-state index contributed by atoms with van der Waals surface area (Å²) in [5.41, 5.74) is 6.22. The molecule has 0 saturated heterocycles. The van der Waals surface area contributed by atoms with Crippen LogP contribution in [0, 0.1) is 18.8 Å². The number of rotatable bonds is 3. The van der Waals surface area contributed by atoms with Crippen LogP contribution in [0.3, 0.4) is 0 Å². The number of nitrogens with zero attached hydrogens (tertiary/aromatic N) is 1. The van der Waals surface area contributed by atoms with E-state index in [1.54, 1.807) is 11.3 Å². The van der Waals surface area contributed by atoms with E-state index in [1.807, 2.05) is 12.3 Å². The van der Waals surface area contributed by atoms with E-state index in [0.717, 1.165) is 22.5 Å². The predicted octanol–water partition coefficient (Wildman–Crippen LogP) is 1.68. The summed E-state index contributed by atoms with van der Waals surface area (Å²) in [4.78, 5) is 16.1. The highest BCUT2D eigenvalue weighted by Gasteiger charge is 2.39. The van der Waals surface area contributed by atoms with E-state index in [1.165, 1.54) is 25.7 Å². The van der Waals surface area contributed by atoms with Gasteiger partial charge in [-0.15, -0.1) is 11.3 Å². The molecule has 2 aliphatic rings. The van der Waals surface area contributed by atoms with Gasteiger partial charge in [0.05, 0.1) is 17.1 Å². The topological polar surface area (TPSA) is 66.0 Å². The first-order valence-electron chi connectivity index (χ1n) is 7.36. The van der Waals surface area contributed by atoms with E-state index in [-0.39, 0.29) is 12.3 Å². The number of hydrogen-bond acceptors (Lipinski definition) is 4. The van der Waals surface area contributed by atoms with Gasteiger partial charge < -0.3 is 5.32 Å². The lowest BCUT2D eigenvalue weighted by molar-refractivity contribution is -0.121. The van der Waals surface area contributed by atoms with Gasteiger partial charge in [0, 0.05) is 11.4 Å². The molecule has 2 bridgehead atoms. The van der Waals surface area contributed by atoms with Gasteiger partial charge in [0.2, 0.25) is 5.91 Å². The molecule has 7 heteroatoms. The molecule has 3 atom stereocenters. The molecule has 3 rings (SSSR count). The van der Waals surface area contributed by atoms with Crippen molar-refractivity contribution in [1.29, 1.82) is 0 Å². The second-order valence-electron chi connectivity index (χ2n) is 5.96. The molecule has 2 saturated carbocycles. The lowest BCUT2D eigenvalue weighted by atomic mass is 9.96. The van der Waals surface area contributed by atoms with E-state index in [0.29, 0.717) is 11.2 Å². The molecule has 1 aromatic heterocycles. The maximum Gasteiger partial charge on any atom is 0.244 e. The molecule has 1 aromatic rings. The Morgan fingerprint density at radius 3 is 2.90 bits per heavy atom. The summed E-state index contributed by atoms with van der Waals surface area (Å²) in [6, 6.07) is 0.474. The molecule has 3 N–H and O–H groups in total. The number of thiocarbonyl (C=S) groups is 1. The average Bonchev–Trinajstić information content (AvgIpc) is 3.14. The summed E-state index contributed by atoms with van der Waals surface area (Å²) < 4.78 is 0. The monoisotopic (exact) mass is 324 g/mol. The molecule has 1 heterocycles. The molecule has 1 amide bonds. The molecule has 2 fully saturated rings. The van der Waals surface area contributed by atoms with Crippen molar-refractivity contribution in [2.45, 2.75) is 45.1 Å². The Hall–Kier alpha value is -1.21. The molecule has 0 radical (unpaired) electrons. The highest BCUT2D eigenvalue weighted by Crippen LogP contribution is 2.44. The van der Waals surface area contributed by atoms with E-state index >= 15 is 0 Å². The van der Waals surface area contributed by atoms with Gasteiger partial charge in [0.25, 0.3) is 0 Å². The van der Waals surface area contributed by atoms with Crippen molar-refractivity contribution < 1.29 is 4.79 Å². The molecule has 0 unspecified atom stereocenters. The summed E-state index contributed by atoms with van der Waals surface area (Å²) >= 11 is 6.79. The van der Waals surface area contributed by atoms with Crippen LogP contribution in [0.25, 0.3) is 0 Å². The van der Waals surface area contributed by atoms with Gasteiger partial charge in [-0.05, 0) is 50.2 Å². The maximum absolute atomic E-state index is 11.8. The zero-order valence-electron chi connectivity index (χ0n) is 12.0. The van der Waals surface area contributed by atoms with Gasteiger partial charge in [0.1, 0.15) is 0 Å². The van der Waals surface area contributed by atoms with Crippen molar-refractivity contribution in [1.82, 2.24) is 21.2 Å². The average molecular weight is 324 g/mol. The number of nitrogens with one attached hydrogen (secondary N) is 3. The fraction of sp³-hybridized carbons (Fsp3) is 0.643. The Balaban J connectivity index is 1.38. The maximum atomic E-state index is 11.8. The second-order valence-corrected chi connectivity index (χ2v) is 7.43. The number of fused-ring (bicyclic) bond motifs is 2. The third-order valence-corrected chi connectivity index (χ3v) is 5.42. The second kappa shape index (κ2) is 6.27. The van der Waals surface area contributed by atoms with E-state index in [4.69, 9.17) is 12.2 Å². The van der Waals surface area contributed by atoms with Gasteiger partial charge in [0.15, 0.2) is 5.11 Å². The summed E-state index contributed by atoms with van der Waals surface area (Å²) in [5.74, 6) is 1.50. The number of carbonyl (C=O) groups is 1. The molecular weight excluding hydrogens is 304 g/mol. The van der Waals surface area contributed by atoms with Crippen LogP contribution in [-0.4, -0.2) is 22.0 Å². The highest BCUT2D eigenvalue weighted by molar-refractivity contribution is 7.80. The van der Waals surface area contributed by atoms with Crippen LogP contribution >= 0.6 is 23.6 Å². The van der Waals surface area contributed by atoms with E-state index in [2.05, 4.69) is 21.2 Å². The number of thiazole rings is 1. The van der Waals surface area contributed by atoms with Crippen molar-refractivity contribution in [3.63, 3.8) is 0 Å². The van der Waals surface area contributed by atoms with Crippen LogP contribution in [0.5, 0.6) is 0 Å². The Labute approximate surface area is 133 Å². The number of carbonyl (C=O) groups excluding carboxylic acids is 1. The fourth-order valence-corrected chi connectivity index (χ4v) is 4.27. The van der Waals surface area contributed by atoms with Gasteiger partial charge >= 0.3 is 0 Å². The van der Waals surface area contributed by atoms with Crippen LogP contribution in [0.2, 0.25) is 0 Å². The quantitative estimate of drug-likeness (QED) is 0.583. The molecule has 2 aliphatic carbocycles. The number of amides is 1. The van der Waals surface area contributed by atoms with Crippen molar-refractivity contribution in [2.75, 3.05) is 0 Å². The van der Waals surface area contributed by atoms with Crippen molar-refractivity contribution in [2.24, 2.45) is 11.8 Å². The largest absolute Gasteiger partial charge is 0.358 e.